The van der Waals surface area contributed by atoms with Gasteiger partial charge >= 0.3 is 0 Å². The van der Waals surface area contributed by atoms with Crippen LogP contribution in [0.4, 0.5) is 0 Å². The van der Waals surface area contributed by atoms with Gasteiger partial charge in [0, 0.05) is 19.3 Å². The van der Waals surface area contributed by atoms with Crippen LogP contribution in [-0.4, -0.2) is 44.2 Å². The molecule has 2 aromatic rings. The van der Waals surface area contributed by atoms with Crippen LogP contribution in [0.25, 0.3) is 5.65 Å². The Hall–Kier alpha value is -1.56. The average molecular weight is 304 g/mol. The Bertz CT molecular complexity index is 631. The summed E-state index contributed by atoms with van der Waals surface area (Å²) in [5.41, 5.74) is 0.813. The third kappa shape index (κ3) is 3.20. The fourth-order valence-electron chi connectivity index (χ4n) is 3.00. The summed E-state index contributed by atoms with van der Waals surface area (Å²) in [6.07, 6.45) is 3.14. The van der Waals surface area contributed by atoms with Gasteiger partial charge in [0.15, 0.2) is 10.8 Å². The average Bonchev–Trinajstić information content (AvgIpc) is 2.87. The summed E-state index contributed by atoms with van der Waals surface area (Å²) in [6, 6.07) is 5.78. The van der Waals surface area contributed by atoms with Crippen LogP contribution in [0.1, 0.15) is 20.3 Å². The van der Waals surface area contributed by atoms with Crippen LogP contribution in [0.3, 0.4) is 0 Å². The first-order valence-corrected chi connectivity index (χ1v) is 8.32. The van der Waals surface area contributed by atoms with Gasteiger partial charge < -0.3 is 4.90 Å². The zero-order valence-corrected chi connectivity index (χ0v) is 13.2. The van der Waals surface area contributed by atoms with E-state index in [1.807, 2.05) is 33.7 Å². The molecule has 0 bridgehead atoms. The van der Waals surface area contributed by atoms with Crippen LogP contribution in [0.2, 0.25) is 0 Å². The molecule has 3 heterocycles. The number of likely N-dealkylation sites (tertiary alicyclic amines) is 1. The minimum Gasteiger partial charge on any atom is -0.341 e. The lowest BCUT2D eigenvalue weighted by Gasteiger charge is -2.34. The Labute approximate surface area is 128 Å². The molecule has 1 fully saturated rings. The number of pyridine rings is 1. The highest BCUT2D eigenvalue weighted by molar-refractivity contribution is 7.99. The fraction of sp³-hybridized carbons (Fsp3) is 0.533. The van der Waals surface area contributed by atoms with Crippen LogP contribution in [-0.2, 0) is 4.79 Å². The molecule has 0 N–H and O–H groups in total. The topological polar surface area (TPSA) is 50.5 Å². The van der Waals surface area contributed by atoms with Crippen molar-refractivity contribution in [3.63, 3.8) is 0 Å². The van der Waals surface area contributed by atoms with Gasteiger partial charge in [0.25, 0.3) is 0 Å². The molecule has 0 spiro atoms. The third-order valence-electron chi connectivity index (χ3n) is 3.83. The van der Waals surface area contributed by atoms with Gasteiger partial charge in [-0.3, -0.25) is 9.20 Å². The predicted octanol–water partition coefficient (Wildman–Crippen LogP) is 2.33. The first-order valence-electron chi connectivity index (χ1n) is 7.34. The number of fused-ring (bicyclic) bond motifs is 1. The maximum atomic E-state index is 12.4. The second-order valence-corrected chi connectivity index (χ2v) is 6.89. The van der Waals surface area contributed by atoms with E-state index in [2.05, 4.69) is 24.0 Å². The van der Waals surface area contributed by atoms with Crippen molar-refractivity contribution in [2.24, 2.45) is 11.8 Å². The number of hydrogen-bond acceptors (Lipinski definition) is 4. The summed E-state index contributed by atoms with van der Waals surface area (Å²) in [4.78, 5) is 14.4. The van der Waals surface area contributed by atoms with Crippen molar-refractivity contribution in [2.45, 2.75) is 25.4 Å². The first-order chi connectivity index (χ1) is 10.1. The summed E-state index contributed by atoms with van der Waals surface area (Å²) in [5.74, 6) is 1.81. The maximum Gasteiger partial charge on any atom is 0.233 e. The van der Waals surface area contributed by atoms with Gasteiger partial charge in [0.1, 0.15) is 0 Å². The van der Waals surface area contributed by atoms with Crippen molar-refractivity contribution in [3.8, 4) is 0 Å². The highest BCUT2D eigenvalue weighted by atomic mass is 32.2. The number of piperidine rings is 1. The van der Waals surface area contributed by atoms with E-state index >= 15 is 0 Å². The predicted molar refractivity (Wildman–Crippen MR) is 83.2 cm³/mol. The lowest BCUT2D eigenvalue weighted by molar-refractivity contribution is -0.130. The summed E-state index contributed by atoms with van der Waals surface area (Å²) >= 11 is 1.46. The van der Waals surface area contributed by atoms with E-state index in [4.69, 9.17) is 0 Å². The van der Waals surface area contributed by atoms with Crippen molar-refractivity contribution < 1.29 is 4.79 Å². The minimum absolute atomic E-state index is 0.200. The van der Waals surface area contributed by atoms with E-state index in [0.717, 1.165) is 23.9 Å². The lowest BCUT2D eigenvalue weighted by Crippen LogP contribution is -2.43. The molecule has 2 atom stereocenters. The van der Waals surface area contributed by atoms with Gasteiger partial charge in [-0.15, -0.1) is 10.2 Å². The second-order valence-electron chi connectivity index (χ2n) is 5.94. The molecule has 1 amide bonds. The molecule has 112 valence electrons. The van der Waals surface area contributed by atoms with E-state index in [0.29, 0.717) is 17.6 Å². The van der Waals surface area contributed by atoms with E-state index in [9.17, 15) is 4.79 Å². The van der Waals surface area contributed by atoms with E-state index < -0.39 is 0 Å². The monoisotopic (exact) mass is 304 g/mol. The molecule has 3 rings (SSSR count). The Morgan fingerprint density at radius 3 is 2.81 bits per heavy atom. The van der Waals surface area contributed by atoms with Crippen LogP contribution in [0.15, 0.2) is 29.6 Å². The largest absolute Gasteiger partial charge is 0.341 e. The van der Waals surface area contributed by atoms with Crippen molar-refractivity contribution in [1.29, 1.82) is 0 Å². The molecule has 0 aliphatic carbocycles. The molecule has 5 nitrogen and oxygen atoms in total. The molecule has 1 aliphatic heterocycles. The Morgan fingerprint density at radius 2 is 2.05 bits per heavy atom. The molecular formula is C15H20N4OS. The van der Waals surface area contributed by atoms with Crippen LogP contribution >= 0.6 is 11.8 Å². The molecule has 21 heavy (non-hydrogen) atoms. The van der Waals surface area contributed by atoms with Gasteiger partial charge in [-0.1, -0.05) is 31.7 Å². The quantitative estimate of drug-likeness (QED) is 0.817. The van der Waals surface area contributed by atoms with Crippen LogP contribution in [0.5, 0.6) is 0 Å². The standard InChI is InChI=1S/C15H20N4OS/c1-11-7-12(2)9-18(8-11)14(20)10-21-15-17-16-13-5-3-4-6-19(13)15/h3-6,11-12H,7-10H2,1-2H3/t11-,12-/m1/s1. The third-order valence-corrected chi connectivity index (χ3v) is 4.76. The summed E-state index contributed by atoms with van der Waals surface area (Å²) in [5, 5.41) is 9.02. The second kappa shape index (κ2) is 6.05. The summed E-state index contributed by atoms with van der Waals surface area (Å²) < 4.78 is 1.92. The first kappa shape index (κ1) is 14.4. The smallest absolute Gasteiger partial charge is 0.233 e. The normalized spacial score (nSPS) is 22.7. The molecule has 0 aromatic carbocycles. The number of carbonyl (C=O) groups excluding carboxylic acids is 1. The molecular weight excluding hydrogens is 284 g/mol. The zero-order valence-electron chi connectivity index (χ0n) is 12.4. The fourth-order valence-corrected chi connectivity index (χ4v) is 3.83. The Morgan fingerprint density at radius 1 is 1.29 bits per heavy atom. The highest BCUT2D eigenvalue weighted by Crippen LogP contribution is 2.23. The van der Waals surface area contributed by atoms with Crippen LogP contribution in [0, 0.1) is 11.8 Å². The lowest BCUT2D eigenvalue weighted by atomic mass is 9.92. The number of carbonyl (C=O) groups is 1. The van der Waals surface area contributed by atoms with Gasteiger partial charge in [0.2, 0.25) is 5.91 Å². The number of rotatable bonds is 3. The maximum absolute atomic E-state index is 12.4. The summed E-state index contributed by atoms with van der Waals surface area (Å²) in [7, 11) is 0. The van der Waals surface area contributed by atoms with Gasteiger partial charge in [-0.05, 0) is 30.4 Å². The molecule has 6 heteroatoms. The summed E-state index contributed by atoms with van der Waals surface area (Å²) in [6.45, 7) is 6.19. The number of amides is 1. The minimum atomic E-state index is 0.200. The SMILES string of the molecule is C[C@@H]1C[C@@H](C)CN(C(=O)CSc2nnc3ccccn23)C1. The zero-order chi connectivity index (χ0) is 14.8. The number of thioether (sulfide) groups is 1. The van der Waals surface area contributed by atoms with Crippen molar-refractivity contribution in [1.82, 2.24) is 19.5 Å². The van der Waals surface area contributed by atoms with E-state index in [-0.39, 0.29) is 5.91 Å². The molecule has 2 aromatic heterocycles. The molecule has 0 saturated carbocycles. The number of nitrogens with zero attached hydrogens (tertiary/aromatic N) is 4. The van der Waals surface area contributed by atoms with E-state index in [1.165, 1.54) is 18.2 Å². The van der Waals surface area contributed by atoms with Gasteiger partial charge in [-0.25, -0.2) is 0 Å². The van der Waals surface area contributed by atoms with Gasteiger partial charge in [0.05, 0.1) is 5.75 Å². The molecule has 0 radical (unpaired) electrons. The van der Waals surface area contributed by atoms with Gasteiger partial charge in [-0.2, -0.15) is 0 Å². The Kier molecular flexibility index (Phi) is 4.14. The van der Waals surface area contributed by atoms with Crippen molar-refractivity contribution >= 4 is 23.3 Å². The Balaban J connectivity index is 1.63. The molecule has 1 aliphatic rings. The number of hydrogen-bond donors (Lipinski definition) is 0. The highest BCUT2D eigenvalue weighted by Gasteiger charge is 2.25. The van der Waals surface area contributed by atoms with Crippen molar-refractivity contribution in [3.05, 3.63) is 24.4 Å². The molecule has 0 unspecified atom stereocenters. The van der Waals surface area contributed by atoms with Crippen LogP contribution < -0.4 is 0 Å². The van der Waals surface area contributed by atoms with E-state index in [1.54, 1.807) is 0 Å². The van der Waals surface area contributed by atoms with Crippen molar-refractivity contribution in [2.75, 3.05) is 18.8 Å². The molecule has 1 saturated heterocycles. The number of aromatic nitrogens is 3.